The fraction of sp³-hybridized carbons (Fsp3) is 0.625. The van der Waals surface area contributed by atoms with Crippen LogP contribution in [-0.2, 0) is 6.54 Å². The number of likely N-dealkylation sites (tertiary alicyclic amines) is 1. The first-order chi connectivity index (χ1) is 8.63. The van der Waals surface area contributed by atoms with E-state index in [1.165, 1.54) is 42.6 Å². The lowest BCUT2D eigenvalue weighted by atomic mass is 9.98. The Morgan fingerprint density at radius 3 is 2.74 bits per heavy atom. The van der Waals surface area contributed by atoms with Crippen LogP contribution in [0.4, 0.5) is 0 Å². The van der Waals surface area contributed by atoms with Crippen molar-refractivity contribution in [2.75, 3.05) is 13.1 Å². The molecule has 1 aromatic rings. The van der Waals surface area contributed by atoms with E-state index in [4.69, 9.17) is 5.73 Å². The Labute approximate surface area is 122 Å². The normalized spacial score (nSPS) is 30.2. The molecule has 3 unspecified atom stereocenters. The van der Waals surface area contributed by atoms with Gasteiger partial charge in [0.15, 0.2) is 0 Å². The van der Waals surface area contributed by atoms with Crippen LogP contribution in [0.25, 0.3) is 0 Å². The van der Waals surface area contributed by atoms with E-state index in [0.29, 0.717) is 6.04 Å². The second-order valence-corrected chi connectivity index (χ2v) is 6.29. The summed E-state index contributed by atoms with van der Waals surface area (Å²) in [6.07, 6.45) is 2.59. The van der Waals surface area contributed by atoms with Crippen molar-refractivity contribution in [1.29, 1.82) is 0 Å². The average Bonchev–Trinajstić information content (AvgIpc) is 2.87. The monoisotopic (exact) mass is 280 g/mol. The van der Waals surface area contributed by atoms with Gasteiger partial charge in [-0.3, -0.25) is 4.90 Å². The van der Waals surface area contributed by atoms with Crippen LogP contribution in [0.3, 0.4) is 0 Å². The van der Waals surface area contributed by atoms with Gasteiger partial charge in [-0.25, -0.2) is 0 Å². The molecule has 2 fully saturated rings. The molecule has 2 N–H and O–H groups in total. The number of hydrogen-bond acceptors (Lipinski definition) is 2. The lowest BCUT2D eigenvalue weighted by molar-refractivity contribution is 0.297. The van der Waals surface area contributed by atoms with Gasteiger partial charge >= 0.3 is 0 Å². The minimum atomic E-state index is 0. The molecule has 19 heavy (non-hydrogen) atoms. The summed E-state index contributed by atoms with van der Waals surface area (Å²) in [5.41, 5.74) is 10.5. The quantitative estimate of drug-likeness (QED) is 0.903. The van der Waals surface area contributed by atoms with Crippen molar-refractivity contribution in [3.05, 3.63) is 34.9 Å². The highest BCUT2D eigenvalue weighted by Crippen LogP contribution is 2.37. The first-order valence-electron chi connectivity index (χ1n) is 7.17. The largest absolute Gasteiger partial charge is 0.327 e. The Hall–Kier alpha value is -0.570. The molecular weight excluding hydrogens is 256 g/mol. The smallest absolute Gasteiger partial charge is 0.0236 e. The number of aryl methyl sites for hydroxylation is 2. The maximum atomic E-state index is 6.20. The summed E-state index contributed by atoms with van der Waals surface area (Å²) in [5, 5.41) is 0. The molecular formula is C16H25ClN2. The molecule has 3 rings (SSSR count). The van der Waals surface area contributed by atoms with Gasteiger partial charge in [0.1, 0.15) is 0 Å². The molecule has 1 aromatic carbocycles. The molecule has 1 saturated heterocycles. The minimum absolute atomic E-state index is 0. The van der Waals surface area contributed by atoms with E-state index in [2.05, 4.69) is 36.9 Å². The van der Waals surface area contributed by atoms with Gasteiger partial charge in [-0.15, -0.1) is 12.4 Å². The second kappa shape index (κ2) is 5.82. The number of benzene rings is 1. The summed E-state index contributed by atoms with van der Waals surface area (Å²) in [4.78, 5) is 2.61. The molecule has 1 saturated carbocycles. The molecule has 2 aliphatic rings. The Kier molecular flexibility index (Phi) is 4.54. The Morgan fingerprint density at radius 2 is 2.00 bits per heavy atom. The Balaban J connectivity index is 0.00000133. The third-order valence-corrected chi connectivity index (χ3v) is 4.89. The molecule has 1 heterocycles. The van der Waals surface area contributed by atoms with Crippen LogP contribution in [-0.4, -0.2) is 24.0 Å². The van der Waals surface area contributed by atoms with Crippen LogP contribution >= 0.6 is 12.4 Å². The van der Waals surface area contributed by atoms with Gasteiger partial charge < -0.3 is 5.73 Å². The van der Waals surface area contributed by atoms with Gasteiger partial charge in [0.2, 0.25) is 0 Å². The maximum absolute atomic E-state index is 6.20. The summed E-state index contributed by atoms with van der Waals surface area (Å²) in [7, 11) is 0. The van der Waals surface area contributed by atoms with Gasteiger partial charge in [0, 0.05) is 25.7 Å². The maximum Gasteiger partial charge on any atom is 0.0236 e. The molecule has 1 aliphatic heterocycles. The zero-order valence-electron chi connectivity index (χ0n) is 11.9. The first kappa shape index (κ1) is 14.8. The van der Waals surface area contributed by atoms with Crippen LogP contribution in [0.5, 0.6) is 0 Å². The van der Waals surface area contributed by atoms with Gasteiger partial charge in [-0.2, -0.15) is 0 Å². The van der Waals surface area contributed by atoms with Crippen molar-refractivity contribution in [3.8, 4) is 0 Å². The number of halogens is 1. The summed E-state index contributed by atoms with van der Waals surface area (Å²) in [5.74, 6) is 1.63. The van der Waals surface area contributed by atoms with Gasteiger partial charge in [-0.05, 0) is 49.7 Å². The summed E-state index contributed by atoms with van der Waals surface area (Å²) in [6.45, 7) is 7.97. The fourth-order valence-electron chi connectivity index (χ4n) is 3.74. The van der Waals surface area contributed by atoms with Crippen molar-refractivity contribution >= 4 is 12.4 Å². The number of fused-ring (bicyclic) bond motifs is 1. The minimum Gasteiger partial charge on any atom is -0.327 e. The highest BCUT2D eigenvalue weighted by atomic mass is 35.5. The van der Waals surface area contributed by atoms with Crippen LogP contribution < -0.4 is 5.73 Å². The van der Waals surface area contributed by atoms with Crippen LogP contribution in [0.1, 0.15) is 29.5 Å². The van der Waals surface area contributed by atoms with E-state index in [-0.39, 0.29) is 12.4 Å². The van der Waals surface area contributed by atoms with E-state index in [1.807, 2.05) is 0 Å². The SMILES string of the molecule is Cc1ccc(C)c(CN2CC3CCC(N)C3C2)c1.Cl. The molecule has 3 atom stereocenters. The molecule has 0 aromatic heterocycles. The van der Waals surface area contributed by atoms with E-state index in [9.17, 15) is 0 Å². The van der Waals surface area contributed by atoms with Crippen LogP contribution in [0.2, 0.25) is 0 Å². The molecule has 106 valence electrons. The van der Waals surface area contributed by atoms with Gasteiger partial charge in [-0.1, -0.05) is 23.8 Å². The molecule has 1 aliphatic carbocycles. The predicted octanol–water partition coefficient (Wildman–Crippen LogP) is 2.89. The highest BCUT2D eigenvalue weighted by molar-refractivity contribution is 5.85. The molecule has 0 bridgehead atoms. The topological polar surface area (TPSA) is 29.3 Å². The second-order valence-electron chi connectivity index (χ2n) is 6.29. The van der Waals surface area contributed by atoms with Crippen molar-refractivity contribution in [2.45, 2.75) is 39.3 Å². The Bertz CT molecular complexity index is 446. The highest BCUT2D eigenvalue weighted by Gasteiger charge is 2.40. The number of rotatable bonds is 2. The average molecular weight is 281 g/mol. The van der Waals surface area contributed by atoms with Crippen molar-refractivity contribution in [2.24, 2.45) is 17.6 Å². The van der Waals surface area contributed by atoms with Crippen LogP contribution in [0.15, 0.2) is 18.2 Å². The molecule has 0 spiro atoms. The zero-order valence-corrected chi connectivity index (χ0v) is 12.7. The van der Waals surface area contributed by atoms with Crippen LogP contribution in [0, 0.1) is 25.7 Å². The third kappa shape index (κ3) is 2.96. The van der Waals surface area contributed by atoms with Crippen molar-refractivity contribution in [1.82, 2.24) is 4.90 Å². The number of nitrogens with two attached hydrogens (primary N) is 1. The summed E-state index contributed by atoms with van der Waals surface area (Å²) >= 11 is 0. The standard InChI is InChI=1S/C16H24N2.ClH/c1-11-3-4-12(2)14(7-11)9-18-8-13-5-6-16(17)15(13)10-18;/h3-4,7,13,15-16H,5-6,8-10,17H2,1-2H3;1H. The van der Waals surface area contributed by atoms with E-state index >= 15 is 0 Å². The third-order valence-electron chi connectivity index (χ3n) is 4.89. The summed E-state index contributed by atoms with van der Waals surface area (Å²) < 4.78 is 0. The predicted molar refractivity (Wildman–Crippen MR) is 82.6 cm³/mol. The molecule has 0 radical (unpaired) electrons. The van der Waals surface area contributed by atoms with E-state index in [1.54, 1.807) is 0 Å². The first-order valence-corrected chi connectivity index (χ1v) is 7.17. The number of hydrogen-bond donors (Lipinski definition) is 1. The van der Waals surface area contributed by atoms with Crippen molar-refractivity contribution < 1.29 is 0 Å². The van der Waals surface area contributed by atoms with E-state index < -0.39 is 0 Å². The molecule has 3 heteroatoms. The van der Waals surface area contributed by atoms with E-state index in [0.717, 1.165) is 18.4 Å². The molecule has 0 amide bonds. The number of nitrogens with zero attached hydrogens (tertiary/aromatic N) is 1. The fourth-order valence-corrected chi connectivity index (χ4v) is 3.74. The Morgan fingerprint density at radius 1 is 1.21 bits per heavy atom. The lowest BCUT2D eigenvalue weighted by Crippen LogP contribution is -2.30. The molecule has 2 nitrogen and oxygen atoms in total. The zero-order chi connectivity index (χ0) is 12.7. The van der Waals surface area contributed by atoms with Crippen molar-refractivity contribution in [3.63, 3.8) is 0 Å². The lowest BCUT2D eigenvalue weighted by Gasteiger charge is -2.19. The summed E-state index contributed by atoms with van der Waals surface area (Å²) in [6, 6.07) is 7.24. The van der Waals surface area contributed by atoms with Gasteiger partial charge in [0.05, 0.1) is 0 Å². The van der Waals surface area contributed by atoms with Gasteiger partial charge in [0.25, 0.3) is 0 Å².